The maximum atomic E-state index is 5.79. The van der Waals surface area contributed by atoms with Crippen LogP contribution < -0.4 is 9.64 Å². The molecule has 0 bridgehead atoms. The molecule has 4 rings (SSSR count). The van der Waals surface area contributed by atoms with Crippen LogP contribution in [0, 0.1) is 13.8 Å². The van der Waals surface area contributed by atoms with Crippen molar-refractivity contribution in [3.05, 3.63) is 40.7 Å². The fraction of sp³-hybridized carbons (Fsp3) is 0.478. The molecule has 3 aromatic rings. The summed E-state index contributed by atoms with van der Waals surface area (Å²) >= 11 is 0. The number of rotatable bonds is 7. The molecule has 0 atom stereocenters. The number of fused-ring (bicyclic) bond motifs is 2. The minimum atomic E-state index is 0. The highest BCUT2D eigenvalue weighted by atomic mass is 35.5. The second-order valence-electron chi connectivity index (χ2n) is 7.72. The average molecular weight is 431 g/mol. The van der Waals surface area contributed by atoms with Crippen molar-refractivity contribution in [3.63, 3.8) is 0 Å². The largest absolute Gasteiger partial charge is 0.497 e. The Hall–Kier alpha value is -2.31. The summed E-state index contributed by atoms with van der Waals surface area (Å²) in [6, 6.07) is 6.18. The van der Waals surface area contributed by atoms with E-state index in [2.05, 4.69) is 44.7 Å². The highest BCUT2D eigenvalue weighted by molar-refractivity contribution is 5.85. The van der Waals surface area contributed by atoms with Gasteiger partial charge in [0.05, 0.1) is 31.7 Å². The van der Waals surface area contributed by atoms with E-state index < -0.39 is 0 Å². The highest BCUT2D eigenvalue weighted by Crippen LogP contribution is 2.37. The molecule has 7 heteroatoms. The first-order chi connectivity index (χ1) is 14.1. The van der Waals surface area contributed by atoms with E-state index in [1.165, 1.54) is 5.56 Å². The molecule has 162 valence electrons. The van der Waals surface area contributed by atoms with Crippen LogP contribution in [0.5, 0.6) is 5.75 Å². The lowest BCUT2D eigenvalue weighted by atomic mass is 10.0. The van der Waals surface area contributed by atoms with Crippen LogP contribution in [0.25, 0.3) is 16.8 Å². The van der Waals surface area contributed by atoms with Crippen molar-refractivity contribution in [2.75, 3.05) is 25.1 Å². The average Bonchev–Trinajstić information content (AvgIpc) is 3.29. The van der Waals surface area contributed by atoms with E-state index in [0.29, 0.717) is 13.2 Å². The fourth-order valence-electron chi connectivity index (χ4n) is 4.28. The Balaban J connectivity index is 0.00000256. The summed E-state index contributed by atoms with van der Waals surface area (Å²) in [7, 11) is 1.70. The molecule has 1 aliphatic heterocycles. The van der Waals surface area contributed by atoms with Gasteiger partial charge in [-0.1, -0.05) is 19.9 Å². The van der Waals surface area contributed by atoms with Gasteiger partial charge in [-0.25, -0.2) is 4.98 Å². The summed E-state index contributed by atoms with van der Waals surface area (Å²) < 4.78 is 13.2. The second kappa shape index (κ2) is 9.23. The summed E-state index contributed by atoms with van der Waals surface area (Å²) in [4.78, 5) is 7.46. The Morgan fingerprint density at radius 3 is 2.50 bits per heavy atom. The molecule has 0 N–H and O–H groups in total. The molecule has 0 amide bonds. The third kappa shape index (κ3) is 3.74. The number of halogens is 1. The number of hydrogen-bond donors (Lipinski definition) is 0. The van der Waals surface area contributed by atoms with Crippen LogP contribution in [0.2, 0.25) is 0 Å². The lowest BCUT2D eigenvalue weighted by Crippen LogP contribution is -2.29. The van der Waals surface area contributed by atoms with Crippen LogP contribution in [0.15, 0.2) is 18.2 Å². The molecule has 6 nitrogen and oxygen atoms in total. The van der Waals surface area contributed by atoms with E-state index in [0.717, 1.165) is 71.2 Å². The van der Waals surface area contributed by atoms with E-state index in [4.69, 9.17) is 19.6 Å². The lowest BCUT2D eigenvalue weighted by Gasteiger charge is -2.26. The topological polar surface area (TPSA) is 51.9 Å². The van der Waals surface area contributed by atoms with Crippen molar-refractivity contribution in [2.45, 2.75) is 53.8 Å². The minimum absolute atomic E-state index is 0. The molecule has 0 fully saturated rings. The van der Waals surface area contributed by atoms with Crippen LogP contribution >= 0.6 is 12.4 Å². The molecule has 0 aliphatic carbocycles. The molecule has 0 saturated heterocycles. The number of anilines is 1. The van der Waals surface area contributed by atoms with Gasteiger partial charge in [0.1, 0.15) is 11.6 Å². The van der Waals surface area contributed by atoms with Gasteiger partial charge < -0.3 is 14.4 Å². The maximum absolute atomic E-state index is 5.79. The first kappa shape index (κ1) is 22.4. The summed E-state index contributed by atoms with van der Waals surface area (Å²) in [6.07, 6.45) is 2.17. The SMILES string of the molecule is CCCN(CCC)c1c2c(nc3c(-c4ccc(OC)cc4C)c(C)nn13)COC2.Cl. The molecular weight excluding hydrogens is 400 g/mol. The lowest BCUT2D eigenvalue weighted by molar-refractivity contribution is 0.133. The van der Waals surface area contributed by atoms with Gasteiger partial charge in [-0.15, -0.1) is 12.4 Å². The zero-order chi connectivity index (χ0) is 20.5. The van der Waals surface area contributed by atoms with Gasteiger partial charge in [-0.3, -0.25) is 0 Å². The number of nitrogens with zero attached hydrogens (tertiary/aromatic N) is 4. The van der Waals surface area contributed by atoms with E-state index in [-0.39, 0.29) is 12.4 Å². The van der Waals surface area contributed by atoms with Gasteiger partial charge in [0, 0.05) is 24.2 Å². The molecule has 0 unspecified atom stereocenters. The molecule has 1 aromatic carbocycles. The molecule has 0 saturated carbocycles. The molecule has 2 aromatic heterocycles. The summed E-state index contributed by atoms with van der Waals surface area (Å²) in [6.45, 7) is 11.8. The number of ether oxygens (including phenoxy) is 2. The zero-order valence-corrected chi connectivity index (χ0v) is 19.3. The van der Waals surface area contributed by atoms with E-state index in [1.807, 2.05) is 10.6 Å². The minimum Gasteiger partial charge on any atom is -0.497 e. The predicted octanol–water partition coefficient (Wildman–Crippen LogP) is 5.10. The third-order valence-corrected chi connectivity index (χ3v) is 5.57. The first-order valence-electron chi connectivity index (χ1n) is 10.5. The monoisotopic (exact) mass is 430 g/mol. The fourth-order valence-corrected chi connectivity index (χ4v) is 4.28. The van der Waals surface area contributed by atoms with Gasteiger partial charge in [-0.2, -0.15) is 9.61 Å². The summed E-state index contributed by atoms with van der Waals surface area (Å²) in [5, 5.41) is 4.96. The molecular formula is C23H31ClN4O2. The van der Waals surface area contributed by atoms with Crippen LogP contribution in [0.4, 0.5) is 5.82 Å². The van der Waals surface area contributed by atoms with Gasteiger partial charge in [0.25, 0.3) is 0 Å². The Kier molecular flexibility index (Phi) is 6.88. The quantitative estimate of drug-likeness (QED) is 0.522. The number of aromatic nitrogens is 3. The van der Waals surface area contributed by atoms with Gasteiger partial charge in [0.2, 0.25) is 0 Å². The first-order valence-corrected chi connectivity index (χ1v) is 10.5. The van der Waals surface area contributed by atoms with E-state index >= 15 is 0 Å². The predicted molar refractivity (Wildman–Crippen MR) is 123 cm³/mol. The summed E-state index contributed by atoms with van der Waals surface area (Å²) in [5.74, 6) is 2.01. The third-order valence-electron chi connectivity index (χ3n) is 5.57. The normalized spacial score (nSPS) is 12.7. The number of hydrogen-bond acceptors (Lipinski definition) is 5. The van der Waals surface area contributed by atoms with Crippen molar-refractivity contribution in [2.24, 2.45) is 0 Å². The molecule has 3 heterocycles. The maximum Gasteiger partial charge on any atom is 0.165 e. The Morgan fingerprint density at radius 1 is 1.13 bits per heavy atom. The van der Waals surface area contributed by atoms with Crippen molar-refractivity contribution in [1.29, 1.82) is 0 Å². The Labute approximate surface area is 184 Å². The van der Waals surface area contributed by atoms with Crippen LogP contribution in [-0.2, 0) is 18.0 Å². The highest BCUT2D eigenvalue weighted by Gasteiger charge is 2.27. The number of aryl methyl sites for hydroxylation is 2. The Morgan fingerprint density at radius 2 is 1.87 bits per heavy atom. The van der Waals surface area contributed by atoms with Gasteiger partial charge in [-0.05, 0) is 49.9 Å². The van der Waals surface area contributed by atoms with Gasteiger partial charge in [0.15, 0.2) is 5.65 Å². The van der Waals surface area contributed by atoms with E-state index in [9.17, 15) is 0 Å². The van der Waals surface area contributed by atoms with Crippen LogP contribution in [0.3, 0.4) is 0 Å². The smallest absolute Gasteiger partial charge is 0.165 e. The van der Waals surface area contributed by atoms with Gasteiger partial charge >= 0.3 is 0 Å². The Bertz CT molecular complexity index is 1040. The molecule has 0 spiro atoms. The second-order valence-corrected chi connectivity index (χ2v) is 7.72. The van der Waals surface area contributed by atoms with Crippen molar-refractivity contribution >= 4 is 23.9 Å². The van der Waals surface area contributed by atoms with Crippen LogP contribution in [-0.4, -0.2) is 34.8 Å². The molecule has 30 heavy (non-hydrogen) atoms. The zero-order valence-electron chi connectivity index (χ0n) is 18.5. The molecule has 1 aliphatic rings. The van der Waals surface area contributed by atoms with Crippen molar-refractivity contribution in [3.8, 4) is 16.9 Å². The van der Waals surface area contributed by atoms with E-state index in [1.54, 1.807) is 7.11 Å². The van der Waals surface area contributed by atoms with Crippen molar-refractivity contribution in [1.82, 2.24) is 14.6 Å². The van der Waals surface area contributed by atoms with Crippen LogP contribution in [0.1, 0.15) is 49.2 Å². The van der Waals surface area contributed by atoms with Crippen molar-refractivity contribution < 1.29 is 9.47 Å². The number of methoxy groups -OCH3 is 1. The number of benzene rings is 1. The standard InChI is InChI=1S/C23H30N4O2.ClH/c1-6-10-26(11-7-2)23-19-13-29-14-20(19)24-22-21(16(4)25-27(22)23)18-9-8-17(28-5)12-15(18)3;/h8-9,12H,6-7,10-11,13-14H2,1-5H3;1H. The molecule has 0 radical (unpaired) electrons. The summed E-state index contributed by atoms with van der Waals surface area (Å²) in [5.41, 5.74) is 7.51.